The molecule has 4 rings (SSSR count). The standard InChI is InChI=1S/C33H44/c1-3-4-5-6-7-8-9-27-12-16-29(17-13-27)31-20-24-33(25-21-31)32-22-18-30(19-23-32)28-14-10-26(2)11-15-28/h14,16,18-27H,3-13,15,17H2,1-2H3. The summed E-state index contributed by atoms with van der Waals surface area (Å²) in [6.07, 6.45) is 22.6. The lowest BCUT2D eigenvalue weighted by Crippen LogP contribution is -2.05. The SMILES string of the molecule is CCCCCCCCC1CC=C(c2ccc(-c3ccc(C4=CCC(C)CC4)cc3)cc2)CC1. The van der Waals surface area contributed by atoms with E-state index in [2.05, 4.69) is 74.5 Å². The van der Waals surface area contributed by atoms with E-state index in [9.17, 15) is 0 Å². The van der Waals surface area contributed by atoms with Crippen molar-refractivity contribution in [2.24, 2.45) is 11.8 Å². The minimum Gasteiger partial charge on any atom is -0.0805 e. The predicted octanol–water partition coefficient (Wildman–Crippen LogP) is 10.5. The summed E-state index contributed by atoms with van der Waals surface area (Å²) in [6.45, 7) is 4.66. The first-order valence-corrected chi connectivity index (χ1v) is 13.8. The molecule has 0 heteroatoms. The number of allylic oxidation sites excluding steroid dienone is 4. The Labute approximate surface area is 203 Å². The topological polar surface area (TPSA) is 0 Å². The summed E-state index contributed by atoms with van der Waals surface area (Å²) in [4.78, 5) is 0. The molecule has 2 aromatic rings. The highest BCUT2D eigenvalue weighted by Gasteiger charge is 2.15. The van der Waals surface area contributed by atoms with Crippen LogP contribution >= 0.6 is 0 Å². The van der Waals surface area contributed by atoms with E-state index < -0.39 is 0 Å². The first-order chi connectivity index (χ1) is 16.2. The van der Waals surface area contributed by atoms with Crippen molar-refractivity contribution in [1.29, 1.82) is 0 Å². The molecule has 33 heavy (non-hydrogen) atoms. The fourth-order valence-electron chi connectivity index (χ4n) is 5.61. The van der Waals surface area contributed by atoms with E-state index in [0.29, 0.717) is 0 Å². The van der Waals surface area contributed by atoms with Gasteiger partial charge in [0.2, 0.25) is 0 Å². The number of benzene rings is 2. The van der Waals surface area contributed by atoms with Gasteiger partial charge in [-0.2, -0.15) is 0 Å². The highest BCUT2D eigenvalue weighted by molar-refractivity contribution is 5.73. The molecule has 0 N–H and O–H groups in total. The summed E-state index contributed by atoms with van der Waals surface area (Å²) < 4.78 is 0. The maximum atomic E-state index is 2.54. The summed E-state index contributed by atoms with van der Waals surface area (Å²) in [5.41, 5.74) is 8.59. The second kappa shape index (κ2) is 12.4. The average Bonchev–Trinajstić information content (AvgIpc) is 2.87. The van der Waals surface area contributed by atoms with Crippen molar-refractivity contribution in [2.75, 3.05) is 0 Å². The van der Waals surface area contributed by atoms with Gasteiger partial charge in [0.1, 0.15) is 0 Å². The van der Waals surface area contributed by atoms with Crippen LogP contribution in [0.25, 0.3) is 22.3 Å². The lowest BCUT2D eigenvalue weighted by Gasteiger charge is -2.22. The smallest absolute Gasteiger partial charge is 0.0184 e. The van der Waals surface area contributed by atoms with Crippen molar-refractivity contribution in [2.45, 2.75) is 97.3 Å². The van der Waals surface area contributed by atoms with Gasteiger partial charge in [-0.05, 0) is 83.8 Å². The second-order valence-electron chi connectivity index (χ2n) is 10.7. The van der Waals surface area contributed by atoms with Gasteiger partial charge in [0, 0.05) is 0 Å². The van der Waals surface area contributed by atoms with E-state index in [4.69, 9.17) is 0 Å². The Balaban J connectivity index is 1.28. The molecule has 0 nitrogen and oxygen atoms in total. The Kier molecular flexibility index (Phi) is 9.04. The minimum absolute atomic E-state index is 0.844. The molecular weight excluding hydrogens is 396 g/mol. The summed E-state index contributed by atoms with van der Waals surface area (Å²) in [7, 11) is 0. The fourth-order valence-corrected chi connectivity index (χ4v) is 5.61. The Bertz CT molecular complexity index is 910. The van der Waals surface area contributed by atoms with Crippen molar-refractivity contribution in [3.63, 3.8) is 0 Å². The summed E-state index contributed by atoms with van der Waals surface area (Å²) >= 11 is 0. The molecule has 0 aromatic heterocycles. The van der Waals surface area contributed by atoms with Crippen LogP contribution in [0.15, 0.2) is 60.7 Å². The van der Waals surface area contributed by atoms with Crippen LogP contribution in [0.3, 0.4) is 0 Å². The molecule has 2 atom stereocenters. The summed E-state index contributed by atoms with van der Waals surface area (Å²) in [5, 5.41) is 0. The van der Waals surface area contributed by atoms with Crippen LogP contribution in [0.5, 0.6) is 0 Å². The highest BCUT2D eigenvalue weighted by atomic mass is 14.2. The van der Waals surface area contributed by atoms with Gasteiger partial charge in [-0.15, -0.1) is 0 Å². The van der Waals surface area contributed by atoms with Crippen molar-refractivity contribution in [1.82, 2.24) is 0 Å². The molecule has 0 radical (unpaired) electrons. The molecule has 0 aliphatic heterocycles. The van der Waals surface area contributed by atoms with Crippen molar-refractivity contribution in [3.05, 3.63) is 71.8 Å². The molecule has 0 saturated carbocycles. The molecule has 2 aliphatic rings. The number of hydrogen-bond acceptors (Lipinski definition) is 0. The molecule has 2 aliphatic carbocycles. The maximum absolute atomic E-state index is 2.54. The summed E-state index contributed by atoms with van der Waals surface area (Å²) in [5.74, 6) is 1.76. The summed E-state index contributed by atoms with van der Waals surface area (Å²) in [6, 6.07) is 18.6. The van der Waals surface area contributed by atoms with Gasteiger partial charge in [-0.1, -0.05) is 119 Å². The fraction of sp³-hybridized carbons (Fsp3) is 0.515. The van der Waals surface area contributed by atoms with Gasteiger partial charge in [0.25, 0.3) is 0 Å². The number of unbranched alkanes of at least 4 members (excludes halogenated alkanes) is 5. The minimum atomic E-state index is 0.844. The van der Waals surface area contributed by atoms with Crippen LogP contribution < -0.4 is 0 Å². The molecule has 0 amide bonds. The molecule has 176 valence electrons. The van der Waals surface area contributed by atoms with E-state index in [0.717, 1.165) is 11.8 Å². The van der Waals surface area contributed by atoms with Crippen LogP contribution in [0.4, 0.5) is 0 Å². The molecule has 0 fully saturated rings. The van der Waals surface area contributed by atoms with Gasteiger partial charge < -0.3 is 0 Å². The zero-order chi connectivity index (χ0) is 22.9. The van der Waals surface area contributed by atoms with Crippen LogP contribution in [0, 0.1) is 11.8 Å². The zero-order valence-electron chi connectivity index (χ0n) is 21.1. The van der Waals surface area contributed by atoms with Gasteiger partial charge in [0.05, 0.1) is 0 Å². The van der Waals surface area contributed by atoms with Gasteiger partial charge in [-0.3, -0.25) is 0 Å². The van der Waals surface area contributed by atoms with Crippen molar-refractivity contribution in [3.8, 4) is 11.1 Å². The number of hydrogen-bond donors (Lipinski definition) is 0. The quantitative estimate of drug-likeness (QED) is 0.322. The molecule has 0 saturated heterocycles. The Morgan fingerprint density at radius 1 is 0.606 bits per heavy atom. The molecule has 2 unspecified atom stereocenters. The van der Waals surface area contributed by atoms with E-state index >= 15 is 0 Å². The zero-order valence-corrected chi connectivity index (χ0v) is 21.1. The molecule has 2 aromatic carbocycles. The third kappa shape index (κ3) is 6.95. The van der Waals surface area contributed by atoms with E-state index in [1.807, 2.05) is 0 Å². The van der Waals surface area contributed by atoms with Gasteiger partial charge >= 0.3 is 0 Å². The Morgan fingerprint density at radius 3 is 1.64 bits per heavy atom. The molecule has 0 heterocycles. The van der Waals surface area contributed by atoms with Gasteiger partial charge in [-0.25, -0.2) is 0 Å². The van der Waals surface area contributed by atoms with Crippen LogP contribution in [0.2, 0.25) is 0 Å². The predicted molar refractivity (Wildman–Crippen MR) is 146 cm³/mol. The number of rotatable bonds is 10. The molecule has 0 bridgehead atoms. The van der Waals surface area contributed by atoms with Gasteiger partial charge in [0.15, 0.2) is 0 Å². The van der Waals surface area contributed by atoms with Crippen LogP contribution in [0.1, 0.15) is 108 Å². The first kappa shape index (κ1) is 24.1. The normalized spacial score (nSPS) is 20.9. The lowest BCUT2D eigenvalue weighted by atomic mass is 9.83. The van der Waals surface area contributed by atoms with Crippen LogP contribution in [-0.2, 0) is 0 Å². The van der Waals surface area contributed by atoms with Crippen molar-refractivity contribution < 1.29 is 0 Å². The van der Waals surface area contributed by atoms with E-state index in [-0.39, 0.29) is 0 Å². The molecule has 0 spiro atoms. The average molecular weight is 441 g/mol. The Hall–Kier alpha value is -2.08. The highest BCUT2D eigenvalue weighted by Crippen LogP contribution is 2.34. The third-order valence-corrected chi connectivity index (χ3v) is 8.00. The van der Waals surface area contributed by atoms with Crippen LogP contribution in [-0.4, -0.2) is 0 Å². The second-order valence-corrected chi connectivity index (χ2v) is 10.7. The largest absolute Gasteiger partial charge is 0.0805 e. The lowest BCUT2D eigenvalue weighted by molar-refractivity contribution is 0.423. The monoisotopic (exact) mass is 440 g/mol. The van der Waals surface area contributed by atoms with E-state index in [1.165, 1.54) is 111 Å². The third-order valence-electron chi connectivity index (χ3n) is 8.00. The Morgan fingerprint density at radius 2 is 1.12 bits per heavy atom. The molecular formula is C33H44. The maximum Gasteiger partial charge on any atom is -0.0184 e. The van der Waals surface area contributed by atoms with Crippen molar-refractivity contribution >= 4 is 11.1 Å². The first-order valence-electron chi connectivity index (χ1n) is 13.8. The van der Waals surface area contributed by atoms with E-state index in [1.54, 1.807) is 5.57 Å².